The lowest BCUT2D eigenvalue weighted by Gasteiger charge is -2.38. The Labute approximate surface area is 153 Å². The third-order valence-electron chi connectivity index (χ3n) is 5.30. The first-order valence-electron chi connectivity index (χ1n) is 9.19. The number of hydrogen-bond donors (Lipinski definition) is 1. The van der Waals surface area contributed by atoms with E-state index in [4.69, 9.17) is 4.74 Å². The number of nitrogens with zero attached hydrogens (tertiary/aromatic N) is 3. The largest absolute Gasteiger partial charge is 0.373 e. The van der Waals surface area contributed by atoms with E-state index < -0.39 is 0 Å². The molecule has 0 aromatic carbocycles. The fourth-order valence-corrected chi connectivity index (χ4v) is 4.02. The SMILES string of the molecule is O=C(N[C@H]1CCO[C@@]2(CCN(Cc3cccnc3)C2)C1)c1ccncc1. The number of carbonyl (C=O) groups is 1. The number of ether oxygens (including phenoxy) is 1. The van der Waals surface area contributed by atoms with Crippen molar-refractivity contribution >= 4 is 5.91 Å². The molecule has 2 aromatic heterocycles. The predicted octanol–water partition coefficient (Wildman–Crippen LogP) is 2.03. The van der Waals surface area contributed by atoms with Gasteiger partial charge in [-0.05, 0) is 43.0 Å². The maximum atomic E-state index is 12.4. The molecule has 0 aliphatic carbocycles. The second-order valence-corrected chi connectivity index (χ2v) is 7.25. The maximum Gasteiger partial charge on any atom is 0.251 e. The minimum atomic E-state index is -0.142. The van der Waals surface area contributed by atoms with Crippen molar-refractivity contribution in [3.05, 3.63) is 60.2 Å². The average Bonchev–Trinajstić information content (AvgIpc) is 3.05. The van der Waals surface area contributed by atoms with E-state index in [0.717, 1.165) is 38.9 Å². The fraction of sp³-hybridized carbons (Fsp3) is 0.450. The van der Waals surface area contributed by atoms with Gasteiger partial charge in [0.1, 0.15) is 0 Å². The first-order valence-corrected chi connectivity index (χ1v) is 9.19. The highest BCUT2D eigenvalue weighted by Gasteiger charge is 2.43. The lowest BCUT2D eigenvalue weighted by Crippen LogP contribution is -2.49. The monoisotopic (exact) mass is 352 g/mol. The number of amides is 1. The molecule has 0 unspecified atom stereocenters. The Morgan fingerprint density at radius 3 is 2.96 bits per heavy atom. The molecular weight excluding hydrogens is 328 g/mol. The van der Waals surface area contributed by atoms with Crippen molar-refractivity contribution in [3.63, 3.8) is 0 Å². The summed E-state index contributed by atoms with van der Waals surface area (Å²) in [6.07, 6.45) is 9.75. The van der Waals surface area contributed by atoms with Crippen LogP contribution in [0.5, 0.6) is 0 Å². The molecule has 2 aliphatic rings. The average molecular weight is 352 g/mol. The molecule has 0 bridgehead atoms. The van der Waals surface area contributed by atoms with E-state index in [2.05, 4.69) is 26.3 Å². The molecule has 2 aromatic rings. The molecule has 0 radical (unpaired) electrons. The van der Waals surface area contributed by atoms with E-state index in [1.807, 2.05) is 12.3 Å². The van der Waals surface area contributed by atoms with Crippen LogP contribution in [0.4, 0.5) is 0 Å². The number of hydrogen-bond acceptors (Lipinski definition) is 5. The van der Waals surface area contributed by atoms with Crippen LogP contribution in [0, 0.1) is 0 Å². The summed E-state index contributed by atoms with van der Waals surface area (Å²) in [5.41, 5.74) is 1.74. The Bertz CT molecular complexity index is 740. The summed E-state index contributed by atoms with van der Waals surface area (Å²) >= 11 is 0. The number of pyridine rings is 2. The molecule has 2 saturated heterocycles. The van der Waals surface area contributed by atoms with Gasteiger partial charge in [0.25, 0.3) is 5.91 Å². The van der Waals surface area contributed by atoms with E-state index >= 15 is 0 Å². The first-order chi connectivity index (χ1) is 12.7. The van der Waals surface area contributed by atoms with Gasteiger partial charge in [0.05, 0.1) is 5.60 Å². The van der Waals surface area contributed by atoms with Crippen molar-refractivity contribution in [2.24, 2.45) is 0 Å². The van der Waals surface area contributed by atoms with Crippen LogP contribution >= 0.6 is 0 Å². The number of carbonyl (C=O) groups excluding carboxylic acids is 1. The molecule has 2 atom stereocenters. The summed E-state index contributed by atoms with van der Waals surface area (Å²) in [6.45, 7) is 3.51. The molecule has 26 heavy (non-hydrogen) atoms. The molecular formula is C20H24N4O2. The zero-order valence-electron chi connectivity index (χ0n) is 14.8. The molecule has 1 N–H and O–H groups in total. The molecule has 4 rings (SSSR count). The van der Waals surface area contributed by atoms with Gasteiger partial charge < -0.3 is 10.1 Å². The summed E-state index contributed by atoms with van der Waals surface area (Å²) < 4.78 is 6.19. The topological polar surface area (TPSA) is 67.3 Å². The van der Waals surface area contributed by atoms with Gasteiger partial charge in [-0.25, -0.2) is 0 Å². The van der Waals surface area contributed by atoms with Crippen molar-refractivity contribution < 1.29 is 9.53 Å². The van der Waals surface area contributed by atoms with Crippen molar-refractivity contribution in [1.82, 2.24) is 20.2 Å². The highest BCUT2D eigenvalue weighted by Crippen LogP contribution is 2.35. The molecule has 2 fully saturated rings. The normalized spacial score (nSPS) is 26.1. The number of nitrogens with one attached hydrogen (secondary N) is 1. The van der Waals surface area contributed by atoms with Crippen LogP contribution in [0.2, 0.25) is 0 Å². The second kappa shape index (κ2) is 7.51. The van der Waals surface area contributed by atoms with Crippen LogP contribution in [0.3, 0.4) is 0 Å². The quantitative estimate of drug-likeness (QED) is 0.912. The Morgan fingerprint density at radius 1 is 1.27 bits per heavy atom. The highest BCUT2D eigenvalue weighted by atomic mass is 16.5. The molecule has 6 heteroatoms. The van der Waals surface area contributed by atoms with Crippen molar-refractivity contribution in [2.45, 2.75) is 37.5 Å². The summed E-state index contributed by atoms with van der Waals surface area (Å²) in [5.74, 6) is -0.0281. The number of rotatable bonds is 4. The Morgan fingerprint density at radius 2 is 2.15 bits per heavy atom. The van der Waals surface area contributed by atoms with Crippen LogP contribution < -0.4 is 5.32 Å². The van der Waals surface area contributed by atoms with Crippen molar-refractivity contribution in [2.75, 3.05) is 19.7 Å². The fourth-order valence-electron chi connectivity index (χ4n) is 4.02. The highest BCUT2D eigenvalue weighted by molar-refractivity contribution is 5.94. The van der Waals surface area contributed by atoms with Gasteiger partial charge in [0.15, 0.2) is 0 Å². The smallest absolute Gasteiger partial charge is 0.251 e. The van der Waals surface area contributed by atoms with Crippen LogP contribution in [0.1, 0.15) is 35.2 Å². The van der Waals surface area contributed by atoms with E-state index in [0.29, 0.717) is 12.2 Å². The van der Waals surface area contributed by atoms with Crippen molar-refractivity contribution in [1.29, 1.82) is 0 Å². The van der Waals surface area contributed by atoms with Gasteiger partial charge in [-0.15, -0.1) is 0 Å². The predicted molar refractivity (Wildman–Crippen MR) is 97.5 cm³/mol. The van der Waals surface area contributed by atoms with Gasteiger partial charge in [-0.3, -0.25) is 19.7 Å². The minimum Gasteiger partial charge on any atom is -0.373 e. The lowest BCUT2D eigenvalue weighted by atomic mass is 9.89. The molecule has 2 aliphatic heterocycles. The molecule has 0 saturated carbocycles. The van der Waals surface area contributed by atoms with Gasteiger partial charge in [-0.2, -0.15) is 0 Å². The van der Waals surface area contributed by atoms with Gasteiger partial charge in [0, 0.05) is 62.6 Å². The van der Waals surface area contributed by atoms with Crippen LogP contribution in [0.15, 0.2) is 49.1 Å². The van der Waals surface area contributed by atoms with E-state index in [1.165, 1.54) is 5.56 Å². The molecule has 136 valence electrons. The van der Waals surface area contributed by atoms with Gasteiger partial charge in [-0.1, -0.05) is 6.07 Å². The van der Waals surface area contributed by atoms with Gasteiger partial charge >= 0.3 is 0 Å². The molecule has 4 heterocycles. The zero-order chi connectivity index (χ0) is 17.8. The van der Waals surface area contributed by atoms with Crippen molar-refractivity contribution in [3.8, 4) is 0 Å². The number of likely N-dealkylation sites (tertiary alicyclic amines) is 1. The summed E-state index contributed by atoms with van der Waals surface area (Å²) in [5, 5.41) is 3.18. The second-order valence-electron chi connectivity index (χ2n) is 7.25. The number of aromatic nitrogens is 2. The summed E-state index contributed by atoms with van der Waals surface area (Å²) in [7, 11) is 0. The lowest BCUT2D eigenvalue weighted by molar-refractivity contribution is -0.0793. The standard InChI is InChI=1S/C20H24N4O2/c25-19(17-3-8-21-9-4-17)23-18-5-11-26-20(12-18)6-10-24(15-20)14-16-2-1-7-22-13-16/h1-4,7-9,13,18H,5-6,10-12,14-15H2,(H,23,25)/t18-,20-/m0/s1. The van der Waals surface area contributed by atoms with E-state index in [9.17, 15) is 4.79 Å². The first kappa shape index (κ1) is 17.1. The third kappa shape index (κ3) is 3.92. The molecule has 1 amide bonds. The third-order valence-corrected chi connectivity index (χ3v) is 5.30. The Balaban J connectivity index is 1.35. The van der Waals surface area contributed by atoms with Crippen LogP contribution in [-0.4, -0.2) is 52.1 Å². The van der Waals surface area contributed by atoms with Gasteiger partial charge in [0.2, 0.25) is 0 Å². The molecule has 6 nitrogen and oxygen atoms in total. The Kier molecular flexibility index (Phi) is 4.95. The minimum absolute atomic E-state index is 0.0281. The Hall–Kier alpha value is -2.31. The summed E-state index contributed by atoms with van der Waals surface area (Å²) in [6, 6.07) is 7.73. The zero-order valence-corrected chi connectivity index (χ0v) is 14.8. The molecule has 1 spiro atoms. The van der Waals surface area contributed by atoms with Crippen LogP contribution in [0.25, 0.3) is 0 Å². The van der Waals surface area contributed by atoms with E-state index in [1.54, 1.807) is 30.7 Å². The van der Waals surface area contributed by atoms with Crippen LogP contribution in [-0.2, 0) is 11.3 Å². The van der Waals surface area contributed by atoms with E-state index in [-0.39, 0.29) is 17.6 Å². The maximum absolute atomic E-state index is 12.4. The summed E-state index contributed by atoms with van der Waals surface area (Å²) in [4.78, 5) is 23.0.